The molecule has 2 unspecified atom stereocenters. The zero-order valence-corrected chi connectivity index (χ0v) is 10.5. The third kappa shape index (κ3) is 3.70. The number of aliphatic hydroxyl groups excluding tert-OH is 1. The van der Waals surface area contributed by atoms with Gasteiger partial charge in [-0.3, -0.25) is 0 Å². The van der Waals surface area contributed by atoms with E-state index in [-0.39, 0.29) is 6.04 Å². The van der Waals surface area contributed by atoms with E-state index in [1.807, 2.05) is 32.0 Å². The largest absolute Gasteiger partial charge is 0.493 e. The molecule has 1 aromatic rings. The van der Waals surface area contributed by atoms with Crippen molar-refractivity contribution < 1.29 is 9.84 Å². The molecule has 0 aliphatic rings. The summed E-state index contributed by atoms with van der Waals surface area (Å²) in [5.41, 5.74) is 13.2. The SMILES string of the molecule is CCOc1ccc(C)cc1C(O)C(N)CCN. The lowest BCUT2D eigenvalue weighted by atomic mass is 9.98. The number of nitrogens with two attached hydrogens (primary N) is 2. The third-order valence-corrected chi connectivity index (χ3v) is 2.69. The van der Waals surface area contributed by atoms with Crippen LogP contribution >= 0.6 is 0 Å². The van der Waals surface area contributed by atoms with Crippen LogP contribution in [0.2, 0.25) is 0 Å². The summed E-state index contributed by atoms with van der Waals surface area (Å²) in [6.07, 6.45) is -0.152. The van der Waals surface area contributed by atoms with Crippen LogP contribution in [0.4, 0.5) is 0 Å². The van der Waals surface area contributed by atoms with E-state index in [0.29, 0.717) is 25.3 Å². The smallest absolute Gasteiger partial charge is 0.125 e. The molecule has 0 heterocycles. The fraction of sp³-hybridized carbons (Fsp3) is 0.538. The van der Waals surface area contributed by atoms with Gasteiger partial charge < -0.3 is 21.3 Å². The van der Waals surface area contributed by atoms with Crippen LogP contribution in [-0.4, -0.2) is 24.3 Å². The summed E-state index contributed by atoms with van der Waals surface area (Å²) >= 11 is 0. The minimum Gasteiger partial charge on any atom is -0.493 e. The van der Waals surface area contributed by atoms with Gasteiger partial charge in [0.1, 0.15) is 5.75 Å². The molecule has 4 heteroatoms. The van der Waals surface area contributed by atoms with Gasteiger partial charge in [0.2, 0.25) is 0 Å². The molecule has 4 nitrogen and oxygen atoms in total. The van der Waals surface area contributed by atoms with E-state index in [2.05, 4.69) is 0 Å². The van der Waals surface area contributed by atoms with Crippen molar-refractivity contribution in [2.24, 2.45) is 11.5 Å². The summed E-state index contributed by atoms with van der Waals surface area (Å²) in [6, 6.07) is 5.37. The molecule has 0 aliphatic heterocycles. The molecule has 0 radical (unpaired) electrons. The molecule has 0 bridgehead atoms. The van der Waals surface area contributed by atoms with E-state index in [4.69, 9.17) is 16.2 Å². The summed E-state index contributed by atoms with van der Waals surface area (Å²) in [6.45, 7) is 4.92. The first-order chi connectivity index (χ1) is 8.10. The lowest BCUT2D eigenvalue weighted by Gasteiger charge is -2.21. The first kappa shape index (κ1) is 14.0. The number of aryl methyl sites for hydroxylation is 1. The van der Waals surface area contributed by atoms with Crippen LogP contribution in [0.25, 0.3) is 0 Å². The number of benzene rings is 1. The van der Waals surface area contributed by atoms with Gasteiger partial charge in [-0.25, -0.2) is 0 Å². The summed E-state index contributed by atoms with van der Waals surface area (Å²) in [7, 11) is 0. The first-order valence-electron chi connectivity index (χ1n) is 5.97. The third-order valence-electron chi connectivity index (χ3n) is 2.69. The van der Waals surface area contributed by atoms with Crippen molar-refractivity contribution in [1.82, 2.24) is 0 Å². The molecule has 96 valence electrons. The van der Waals surface area contributed by atoms with Gasteiger partial charge >= 0.3 is 0 Å². The highest BCUT2D eigenvalue weighted by Crippen LogP contribution is 2.28. The molecule has 1 rings (SSSR count). The Balaban J connectivity index is 2.96. The van der Waals surface area contributed by atoms with Gasteiger partial charge in [0, 0.05) is 11.6 Å². The lowest BCUT2D eigenvalue weighted by molar-refractivity contribution is 0.138. The quantitative estimate of drug-likeness (QED) is 0.693. The molecule has 1 aromatic carbocycles. The fourth-order valence-corrected chi connectivity index (χ4v) is 1.77. The normalized spacial score (nSPS) is 14.4. The van der Waals surface area contributed by atoms with E-state index < -0.39 is 6.10 Å². The molecule has 0 aromatic heterocycles. The Morgan fingerprint density at radius 3 is 2.71 bits per heavy atom. The first-order valence-corrected chi connectivity index (χ1v) is 5.97. The average molecular weight is 238 g/mol. The minimum atomic E-state index is -0.736. The van der Waals surface area contributed by atoms with Crippen LogP contribution in [0, 0.1) is 6.92 Å². The predicted molar refractivity (Wildman–Crippen MR) is 69.0 cm³/mol. The summed E-state index contributed by atoms with van der Waals surface area (Å²) in [5, 5.41) is 10.2. The maximum atomic E-state index is 10.2. The van der Waals surface area contributed by atoms with Gasteiger partial charge in [-0.15, -0.1) is 0 Å². The van der Waals surface area contributed by atoms with Crippen molar-refractivity contribution in [3.8, 4) is 5.75 Å². The Morgan fingerprint density at radius 1 is 1.41 bits per heavy atom. The number of hydrogen-bond donors (Lipinski definition) is 3. The van der Waals surface area contributed by atoms with Crippen molar-refractivity contribution in [2.75, 3.05) is 13.2 Å². The van der Waals surface area contributed by atoms with Crippen molar-refractivity contribution in [3.63, 3.8) is 0 Å². The van der Waals surface area contributed by atoms with Crippen LogP contribution in [0.15, 0.2) is 18.2 Å². The van der Waals surface area contributed by atoms with Gasteiger partial charge in [-0.1, -0.05) is 11.6 Å². The minimum absolute atomic E-state index is 0.360. The molecular formula is C13H22N2O2. The molecule has 17 heavy (non-hydrogen) atoms. The van der Waals surface area contributed by atoms with Crippen molar-refractivity contribution >= 4 is 0 Å². The lowest BCUT2D eigenvalue weighted by Crippen LogP contribution is -2.31. The summed E-state index contributed by atoms with van der Waals surface area (Å²) in [4.78, 5) is 0. The predicted octanol–water partition coefficient (Wildman–Crippen LogP) is 1.10. The molecule has 0 fully saturated rings. The zero-order valence-electron chi connectivity index (χ0n) is 10.5. The second kappa shape index (κ2) is 6.59. The second-order valence-electron chi connectivity index (χ2n) is 4.16. The molecule has 0 saturated heterocycles. The van der Waals surface area contributed by atoms with Gasteiger partial charge in [0.25, 0.3) is 0 Å². The maximum Gasteiger partial charge on any atom is 0.125 e. The van der Waals surface area contributed by atoms with E-state index in [1.54, 1.807) is 0 Å². The molecule has 0 saturated carbocycles. The molecule has 5 N–H and O–H groups in total. The Hall–Kier alpha value is -1.10. The van der Waals surface area contributed by atoms with Crippen LogP contribution in [0.5, 0.6) is 5.75 Å². The standard InChI is InChI=1S/C13H22N2O2/c1-3-17-12-5-4-9(2)8-10(12)13(16)11(15)6-7-14/h4-5,8,11,13,16H,3,6-7,14-15H2,1-2H3. The van der Waals surface area contributed by atoms with Gasteiger partial charge in [0.15, 0.2) is 0 Å². The topological polar surface area (TPSA) is 81.5 Å². The number of ether oxygens (including phenoxy) is 1. The zero-order chi connectivity index (χ0) is 12.8. The summed E-state index contributed by atoms with van der Waals surface area (Å²) < 4.78 is 5.49. The van der Waals surface area contributed by atoms with E-state index >= 15 is 0 Å². The molecule has 0 spiro atoms. The fourth-order valence-electron chi connectivity index (χ4n) is 1.77. The van der Waals surface area contributed by atoms with Crippen molar-refractivity contribution in [1.29, 1.82) is 0 Å². The highest BCUT2D eigenvalue weighted by Gasteiger charge is 2.20. The average Bonchev–Trinajstić information content (AvgIpc) is 2.31. The highest BCUT2D eigenvalue weighted by atomic mass is 16.5. The maximum absolute atomic E-state index is 10.2. The summed E-state index contributed by atoms with van der Waals surface area (Å²) in [5.74, 6) is 0.693. The Labute approximate surface area is 103 Å². The van der Waals surface area contributed by atoms with E-state index in [9.17, 15) is 5.11 Å². The molecular weight excluding hydrogens is 216 g/mol. The van der Waals surface area contributed by atoms with Gasteiger partial charge in [-0.05, 0) is 38.9 Å². The van der Waals surface area contributed by atoms with E-state index in [0.717, 1.165) is 11.1 Å². The molecule has 2 atom stereocenters. The monoisotopic (exact) mass is 238 g/mol. The Bertz CT molecular complexity index is 355. The number of aliphatic hydroxyl groups is 1. The molecule has 0 aliphatic carbocycles. The number of hydrogen-bond acceptors (Lipinski definition) is 4. The van der Waals surface area contributed by atoms with Crippen LogP contribution < -0.4 is 16.2 Å². The van der Waals surface area contributed by atoms with Crippen molar-refractivity contribution in [2.45, 2.75) is 32.4 Å². The molecule has 0 amide bonds. The van der Waals surface area contributed by atoms with E-state index in [1.165, 1.54) is 0 Å². The van der Waals surface area contributed by atoms with Gasteiger partial charge in [0.05, 0.1) is 12.7 Å². The Morgan fingerprint density at radius 2 is 2.12 bits per heavy atom. The van der Waals surface area contributed by atoms with Gasteiger partial charge in [-0.2, -0.15) is 0 Å². The number of rotatable bonds is 6. The second-order valence-corrected chi connectivity index (χ2v) is 4.16. The highest BCUT2D eigenvalue weighted by molar-refractivity contribution is 5.39. The van der Waals surface area contributed by atoms with Crippen LogP contribution in [0.1, 0.15) is 30.6 Å². The Kier molecular flexibility index (Phi) is 5.41. The van der Waals surface area contributed by atoms with Crippen molar-refractivity contribution in [3.05, 3.63) is 29.3 Å². The van der Waals surface area contributed by atoms with Crippen LogP contribution in [0.3, 0.4) is 0 Å². The van der Waals surface area contributed by atoms with Crippen LogP contribution in [-0.2, 0) is 0 Å².